The van der Waals surface area contributed by atoms with E-state index < -0.39 is 17.8 Å². The van der Waals surface area contributed by atoms with Gasteiger partial charge < -0.3 is 20.4 Å². The highest BCUT2D eigenvalue weighted by Gasteiger charge is 2.28. The third kappa shape index (κ3) is 3.85. The summed E-state index contributed by atoms with van der Waals surface area (Å²) >= 11 is 0. The molecule has 0 atom stereocenters. The summed E-state index contributed by atoms with van der Waals surface area (Å²) in [5, 5.41) is 32.7. The number of hydrogen-bond acceptors (Lipinski definition) is 5. The van der Waals surface area contributed by atoms with E-state index in [-0.39, 0.29) is 11.3 Å². The summed E-state index contributed by atoms with van der Waals surface area (Å²) in [4.78, 5) is 25.1. The lowest BCUT2D eigenvalue weighted by Crippen LogP contribution is -2.40. The number of likely N-dealkylation sites (tertiary alicyclic amines) is 1. The quantitative estimate of drug-likeness (QED) is 0.567. The van der Waals surface area contributed by atoms with Gasteiger partial charge in [0.2, 0.25) is 0 Å². The number of anilines is 1. The second kappa shape index (κ2) is 7.79. The Morgan fingerprint density at radius 2 is 1.81 bits per heavy atom. The van der Waals surface area contributed by atoms with Crippen molar-refractivity contribution >= 4 is 28.3 Å². The molecule has 1 amide bonds. The number of nitrogens with one attached hydrogen (secondary N) is 1. The van der Waals surface area contributed by atoms with Crippen molar-refractivity contribution in [3.63, 3.8) is 0 Å². The van der Waals surface area contributed by atoms with Crippen molar-refractivity contribution in [2.45, 2.75) is 12.8 Å². The van der Waals surface area contributed by atoms with E-state index in [0.717, 1.165) is 5.39 Å². The van der Waals surface area contributed by atoms with Crippen LogP contribution in [0.25, 0.3) is 10.8 Å². The molecule has 0 unspecified atom stereocenters. The summed E-state index contributed by atoms with van der Waals surface area (Å²) in [6.07, 6.45) is 2.12. The van der Waals surface area contributed by atoms with E-state index in [9.17, 15) is 20.0 Å². The number of hydrogen-bond donors (Lipinski definition) is 3. The van der Waals surface area contributed by atoms with E-state index in [1.165, 1.54) is 11.1 Å². The van der Waals surface area contributed by atoms with E-state index >= 15 is 0 Å². The van der Waals surface area contributed by atoms with Crippen molar-refractivity contribution in [2.75, 3.05) is 18.4 Å². The molecule has 138 valence electrons. The summed E-state index contributed by atoms with van der Waals surface area (Å²) in [6, 6.07) is 12.4. The largest absolute Gasteiger partial charge is 0.507 e. The van der Waals surface area contributed by atoms with Crippen LogP contribution in [0.3, 0.4) is 0 Å². The van der Waals surface area contributed by atoms with Gasteiger partial charge in [-0.1, -0.05) is 24.3 Å². The number of amides is 1. The summed E-state index contributed by atoms with van der Waals surface area (Å²) in [7, 11) is 0. The number of carboxylic acid groups (broad SMARTS) is 1. The number of nitrogens with zero attached hydrogens (tertiary/aromatic N) is 2. The SMILES string of the molecule is N#C/C(=C/Nc1cccc2c(O)cccc12)C(=O)N1CCC(C(=O)O)CC1. The molecule has 1 aliphatic heterocycles. The van der Waals surface area contributed by atoms with Gasteiger partial charge in [-0.25, -0.2) is 0 Å². The normalized spacial score (nSPS) is 15.4. The van der Waals surface area contributed by atoms with Crippen molar-refractivity contribution in [3.05, 3.63) is 48.2 Å². The number of phenolic OH excluding ortho intramolecular Hbond substituents is 1. The van der Waals surface area contributed by atoms with Crippen molar-refractivity contribution in [1.82, 2.24) is 4.90 Å². The topological polar surface area (TPSA) is 114 Å². The Morgan fingerprint density at radius 3 is 2.48 bits per heavy atom. The molecule has 1 aliphatic rings. The van der Waals surface area contributed by atoms with Gasteiger partial charge in [0.25, 0.3) is 5.91 Å². The molecule has 0 aliphatic carbocycles. The number of phenols is 1. The van der Waals surface area contributed by atoms with E-state index in [1.54, 1.807) is 30.3 Å². The number of piperidine rings is 1. The molecule has 3 rings (SSSR count). The number of aromatic hydroxyl groups is 1. The van der Waals surface area contributed by atoms with Crippen LogP contribution in [0.15, 0.2) is 48.2 Å². The van der Waals surface area contributed by atoms with Gasteiger partial charge in [0.05, 0.1) is 5.92 Å². The minimum absolute atomic E-state index is 0.0547. The van der Waals surface area contributed by atoms with Crippen LogP contribution in [-0.4, -0.2) is 40.1 Å². The van der Waals surface area contributed by atoms with Crippen LogP contribution in [-0.2, 0) is 9.59 Å². The number of fused-ring (bicyclic) bond motifs is 1. The van der Waals surface area contributed by atoms with Gasteiger partial charge in [-0.3, -0.25) is 9.59 Å². The first-order chi connectivity index (χ1) is 13.0. The van der Waals surface area contributed by atoms with Crippen LogP contribution >= 0.6 is 0 Å². The average molecular weight is 365 g/mol. The fourth-order valence-corrected chi connectivity index (χ4v) is 3.21. The fraction of sp³-hybridized carbons (Fsp3) is 0.250. The average Bonchev–Trinajstić information content (AvgIpc) is 2.69. The van der Waals surface area contributed by atoms with Crippen LogP contribution in [0, 0.1) is 17.2 Å². The highest BCUT2D eigenvalue weighted by Crippen LogP contribution is 2.30. The lowest BCUT2D eigenvalue weighted by atomic mass is 9.97. The standard InChI is InChI=1S/C20H19N3O4/c21-11-14(19(25)23-9-7-13(8-10-23)20(26)27)12-22-17-5-1-4-16-15(17)3-2-6-18(16)24/h1-6,12-13,22,24H,7-10H2,(H,26,27)/b14-12-. The van der Waals surface area contributed by atoms with Crippen LogP contribution < -0.4 is 5.32 Å². The number of aliphatic carboxylic acids is 1. The second-order valence-electron chi connectivity index (χ2n) is 6.40. The lowest BCUT2D eigenvalue weighted by molar-refractivity contribution is -0.145. The highest BCUT2D eigenvalue weighted by molar-refractivity contribution is 6.00. The van der Waals surface area contributed by atoms with Gasteiger partial charge in [-0.05, 0) is 25.0 Å². The van der Waals surface area contributed by atoms with E-state index in [0.29, 0.717) is 37.0 Å². The molecule has 0 radical (unpaired) electrons. The molecule has 1 heterocycles. The molecular weight excluding hydrogens is 346 g/mol. The van der Waals surface area contributed by atoms with Gasteiger partial charge in [0.1, 0.15) is 17.4 Å². The number of rotatable bonds is 4. The molecule has 3 N–H and O–H groups in total. The molecule has 0 bridgehead atoms. The molecular formula is C20H19N3O4. The maximum Gasteiger partial charge on any atom is 0.306 e. The van der Waals surface area contributed by atoms with E-state index in [4.69, 9.17) is 5.11 Å². The van der Waals surface area contributed by atoms with Crippen molar-refractivity contribution in [2.24, 2.45) is 5.92 Å². The van der Waals surface area contributed by atoms with Crippen LogP contribution in [0.4, 0.5) is 5.69 Å². The predicted molar refractivity (Wildman–Crippen MR) is 99.9 cm³/mol. The monoisotopic (exact) mass is 365 g/mol. The fourth-order valence-electron chi connectivity index (χ4n) is 3.21. The molecule has 2 aromatic rings. The maximum absolute atomic E-state index is 12.6. The number of benzene rings is 2. The first kappa shape index (κ1) is 18.3. The molecule has 7 heteroatoms. The van der Waals surface area contributed by atoms with Gasteiger partial charge in [-0.2, -0.15) is 5.26 Å². The van der Waals surface area contributed by atoms with Gasteiger partial charge in [0, 0.05) is 35.7 Å². The molecule has 0 aromatic heterocycles. The van der Waals surface area contributed by atoms with Gasteiger partial charge in [0.15, 0.2) is 0 Å². The predicted octanol–water partition coefficient (Wildman–Crippen LogP) is 2.69. The molecule has 7 nitrogen and oxygen atoms in total. The summed E-state index contributed by atoms with van der Waals surface area (Å²) in [5.41, 5.74) is 0.606. The number of carboxylic acids is 1. The summed E-state index contributed by atoms with van der Waals surface area (Å²) in [6.45, 7) is 0.633. The van der Waals surface area contributed by atoms with E-state index in [1.807, 2.05) is 12.1 Å². The molecule has 1 fully saturated rings. The van der Waals surface area contributed by atoms with E-state index in [2.05, 4.69) is 5.32 Å². The Labute approximate surface area is 156 Å². The summed E-state index contributed by atoms with van der Waals surface area (Å²) < 4.78 is 0. The van der Waals surface area contributed by atoms with Crippen molar-refractivity contribution in [3.8, 4) is 11.8 Å². The lowest BCUT2D eigenvalue weighted by Gasteiger charge is -2.29. The third-order valence-electron chi connectivity index (χ3n) is 4.75. The zero-order valence-corrected chi connectivity index (χ0v) is 14.6. The Balaban J connectivity index is 1.76. The molecule has 2 aromatic carbocycles. The first-order valence-corrected chi connectivity index (χ1v) is 8.61. The zero-order valence-electron chi connectivity index (χ0n) is 14.6. The van der Waals surface area contributed by atoms with Gasteiger partial charge in [-0.15, -0.1) is 0 Å². The Morgan fingerprint density at radius 1 is 1.15 bits per heavy atom. The Hall–Kier alpha value is -3.53. The molecule has 1 saturated heterocycles. The molecule has 0 spiro atoms. The van der Waals surface area contributed by atoms with Crippen molar-refractivity contribution in [1.29, 1.82) is 5.26 Å². The molecule has 0 saturated carbocycles. The van der Waals surface area contributed by atoms with Crippen LogP contribution in [0.5, 0.6) is 5.75 Å². The number of carbonyl (C=O) groups is 2. The van der Waals surface area contributed by atoms with Crippen LogP contribution in [0.2, 0.25) is 0 Å². The Bertz CT molecular complexity index is 953. The second-order valence-corrected chi connectivity index (χ2v) is 6.40. The first-order valence-electron chi connectivity index (χ1n) is 8.61. The Kier molecular flexibility index (Phi) is 5.27. The van der Waals surface area contributed by atoms with Gasteiger partial charge >= 0.3 is 5.97 Å². The van der Waals surface area contributed by atoms with Crippen LogP contribution in [0.1, 0.15) is 12.8 Å². The smallest absolute Gasteiger partial charge is 0.306 e. The minimum atomic E-state index is -0.848. The third-order valence-corrected chi connectivity index (χ3v) is 4.75. The maximum atomic E-state index is 12.6. The minimum Gasteiger partial charge on any atom is -0.507 e. The summed E-state index contributed by atoms with van der Waals surface area (Å²) in [5.74, 6) is -1.56. The highest BCUT2D eigenvalue weighted by atomic mass is 16.4. The number of carbonyl (C=O) groups excluding carboxylic acids is 1. The zero-order chi connectivity index (χ0) is 19.4. The van der Waals surface area contributed by atoms with Crippen molar-refractivity contribution < 1.29 is 19.8 Å². The number of nitriles is 1. The molecule has 27 heavy (non-hydrogen) atoms.